The number of carbonyl (C=O) groups excluding carboxylic acids is 2. The highest BCUT2D eigenvalue weighted by atomic mass is 16.5. The molecule has 6 nitrogen and oxygen atoms in total. The highest BCUT2D eigenvalue weighted by Crippen LogP contribution is 2.15. The van der Waals surface area contributed by atoms with Crippen LogP contribution in [0.2, 0.25) is 0 Å². The second-order valence-corrected chi connectivity index (χ2v) is 4.83. The van der Waals surface area contributed by atoms with E-state index in [9.17, 15) is 9.59 Å². The normalized spacial score (nSPS) is 15.3. The standard InChI is InChI=1S/C15H20N2O4/c1-20-13-6-3-5-12(11-13)14(18)16-7-4-8-17(10-9-16)15(19)21-2/h3,5-6,11H,4,7-10H2,1-2H3. The minimum absolute atomic E-state index is 0.0411. The van der Waals surface area contributed by atoms with E-state index in [2.05, 4.69) is 0 Å². The van der Waals surface area contributed by atoms with Gasteiger partial charge in [0.25, 0.3) is 5.91 Å². The number of nitrogens with zero attached hydrogens (tertiary/aromatic N) is 2. The minimum Gasteiger partial charge on any atom is -0.497 e. The summed E-state index contributed by atoms with van der Waals surface area (Å²) in [5.74, 6) is 0.618. The molecule has 1 aromatic rings. The predicted octanol–water partition coefficient (Wildman–Crippen LogP) is 1.61. The molecule has 1 aromatic carbocycles. The SMILES string of the molecule is COC(=O)N1CCCN(C(=O)c2cccc(OC)c2)CC1. The zero-order valence-corrected chi connectivity index (χ0v) is 12.4. The van der Waals surface area contributed by atoms with Gasteiger partial charge in [-0.2, -0.15) is 0 Å². The van der Waals surface area contributed by atoms with Gasteiger partial charge < -0.3 is 19.3 Å². The third-order valence-corrected chi connectivity index (χ3v) is 3.53. The van der Waals surface area contributed by atoms with E-state index in [-0.39, 0.29) is 12.0 Å². The van der Waals surface area contributed by atoms with Crippen molar-refractivity contribution in [1.82, 2.24) is 9.80 Å². The van der Waals surface area contributed by atoms with Crippen LogP contribution in [-0.2, 0) is 4.74 Å². The maximum absolute atomic E-state index is 12.5. The molecule has 0 unspecified atom stereocenters. The second kappa shape index (κ2) is 6.97. The molecule has 2 amide bonds. The first-order chi connectivity index (χ1) is 10.2. The quantitative estimate of drug-likeness (QED) is 0.831. The summed E-state index contributed by atoms with van der Waals surface area (Å²) in [6.45, 7) is 2.23. The van der Waals surface area contributed by atoms with Gasteiger partial charge in [-0.3, -0.25) is 4.79 Å². The fourth-order valence-electron chi connectivity index (χ4n) is 2.37. The Morgan fingerprint density at radius 3 is 2.48 bits per heavy atom. The van der Waals surface area contributed by atoms with E-state index in [0.29, 0.717) is 37.5 Å². The van der Waals surface area contributed by atoms with E-state index in [1.54, 1.807) is 41.2 Å². The summed E-state index contributed by atoms with van der Waals surface area (Å²) in [6.07, 6.45) is 0.399. The Hall–Kier alpha value is -2.24. The fourth-order valence-corrected chi connectivity index (χ4v) is 2.37. The molecule has 0 aliphatic carbocycles. The monoisotopic (exact) mass is 292 g/mol. The zero-order valence-electron chi connectivity index (χ0n) is 12.4. The third-order valence-electron chi connectivity index (χ3n) is 3.53. The lowest BCUT2D eigenvalue weighted by Crippen LogP contribution is -2.37. The van der Waals surface area contributed by atoms with Gasteiger partial charge in [-0.25, -0.2) is 4.79 Å². The summed E-state index contributed by atoms with van der Waals surface area (Å²) in [6, 6.07) is 7.10. The molecule has 1 saturated heterocycles. The molecule has 1 aliphatic rings. The topological polar surface area (TPSA) is 59.1 Å². The lowest BCUT2D eigenvalue weighted by Gasteiger charge is -2.21. The van der Waals surface area contributed by atoms with E-state index in [4.69, 9.17) is 9.47 Å². The number of hydrogen-bond acceptors (Lipinski definition) is 4. The van der Waals surface area contributed by atoms with Gasteiger partial charge in [-0.05, 0) is 24.6 Å². The lowest BCUT2D eigenvalue weighted by atomic mass is 10.2. The van der Waals surface area contributed by atoms with Crippen LogP contribution in [-0.4, -0.2) is 62.2 Å². The summed E-state index contributed by atoms with van der Waals surface area (Å²) in [5, 5.41) is 0. The maximum atomic E-state index is 12.5. The van der Waals surface area contributed by atoms with Gasteiger partial charge in [0.05, 0.1) is 14.2 Å². The first kappa shape index (κ1) is 15.2. The van der Waals surface area contributed by atoms with Crippen LogP contribution in [0.1, 0.15) is 16.8 Å². The van der Waals surface area contributed by atoms with Crippen LogP contribution in [0.15, 0.2) is 24.3 Å². The van der Waals surface area contributed by atoms with Crippen LogP contribution in [0.25, 0.3) is 0 Å². The zero-order chi connectivity index (χ0) is 15.2. The van der Waals surface area contributed by atoms with Crippen molar-refractivity contribution < 1.29 is 19.1 Å². The Bertz CT molecular complexity index is 518. The first-order valence-corrected chi connectivity index (χ1v) is 6.92. The molecule has 0 bridgehead atoms. The van der Waals surface area contributed by atoms with Crippen LogP contribution in [0.5, 0.6) is 5.75 Å². The summed E-state index contributed by atoms with van der Waals surface area (Å²) in [5.41, 5.74) is 0.598. The maximum Gasteiger partial charge on any atom is 0.409 e. The van der Waals surface area contributed by atoms with Gasteiger partial charge in [0.2, 0.25) is 0 Å². The van der Waals surface area contributed by atoms with Crippen molar-refractivity contribution in [2.75, 3.05) is 40.4 Å². The van der Waals surface area contributed by atoms with Crippen molar-refractivity contribution >= 4 is 12.0 Å². The van der Waals surface area contributed by atoms with Crippen molar-refractivity contribution in [3.05, 3.63) is 29.8 Å². The number of ether oxygens (including phenoxy) is 2. The Labute approximate surface area is 124 Å². The number of hydrogen-bond donors (Lipinski definition) is 0. The molecule has 6 heteroatoms. The average Bonchev–Trinajstić information content (AvgIpc) is 2.79. The summed E-state index contributed by atoms with van der Waals surface area (Å²) in [7, 11) is 2.94. The van der Waals surface area contributed by atoms with Gasteiger partial charge in [0, 0.05) is 31.7 Å². The molecule has 114 valence electrons. The Kier molecular flexibility index (Phi) is 5.03. The number of methoxy groups -OCH3 is 2. The molecule has 21 heavy (non-hydrogen) atoms. The third kappa shape index (κ3) is 3.65. The van der Waals surface area contributed by atoms with Crippen LogP contribution in [0, 0.1) is 0 Å². The Morgan fingerprint density at radius 1 is 1.05 bits per heavy atom. The fraction of sp³-hybridized carbons (Fsp3) is 0.467. The number of carbonyl (C=O) groups is 2. The largest absolute Gasteiger partial charge is 0.497 e. The van der Waals surface area contributed by atoms with Crippen molar-refractivity contribution in [3.63, 3.8) is 0 Å². The van der Waals surface area contributed by atoms with E-state index in [1.165, 1.54) is 7.11 Å². The van der Waals surface area contributed by atoms with Gasteiger partial charge in [-0.15, -0.1) is 0 Å². The Balaban J connectivity index is 2.04. The second-order valence-electron chi connectivity index (χ2n) is 4.83. The average molecular weight is 292 g/mol. The van der Waals surface area contributed by atoms with Crippen LogP contribution in [0.4, 0.5) is 4.79 Å². The number of amides is 2. The molecular weight excluding hydrogens is 272 g/mol. The van der Waals surface area contributed by atoms with E-state index in [1.807, 2.05) is 0 Å². The summed E-state index contributed by atoms with van der Waals surface area (Å²) >= 11 is 0. The highest BCUT2D eigenvalue weighted by Gasteiger charge is 2.23. The van der Waals surface area contributed by atoms with E-state index in [0.717, 1.165) is 6.42 Å². The molecule has 1 aliphatic heterocycles. The molecule has 0 spiro atoms. The molecule has 1 heterocycles. The number of benzene rings is 1. The van der Waals surface area contributed by atoms with Crippen molar-refractivity contribution in [2.24, 2.45) is 0 Å². The molecule has 0 saturated carbocycles. The van der Waals surface area contributed by atoms with Crippen molar-refractivity contribution in [1.29, 1.82) is 0 Å². The van der Waals surface area contributed by atoms with E-state index < -0.39 is 0 Å². The molecule has 0 aromatic heterocycles. The molecule has 0 atom stereocenters. The molecule has 0 N–H and O–H groups in total. The van der Waals surface area contributed by atoms with Gasteiger partial charge in [0.15, 0.2) is 0 Å². The number of rotatable bonds is 2. The van der Waals surface area contributed by atoms with E-state index >= 15 is 0 Å². The molecule has 0 radical (unpaired) electrons. The van der Waals surface area contributed by atoms with Crippen molar-refractivity contribution in [2.45, 2.75) is 6.42 Å². The van der Waals surface area contributed by atoms with Crippen LogP contribution >= 0.6 is 0 Å². The highest BCUT2D eigenvalue weighted by molar-refractivity contribution is 5.94. The van der Waals surface area contributed by atoms with Crippen LogP contribution in [0.3, 0.4) is 0 Å². The first-order valence-electron chi connectivity index (χ1n) is 6.92. The summed E-state index contributed by atoms with van der Waals surface area (Å²) in [4.78, 5) is 27.4. The van der Waals surface area contributed by atoms with Crippen LogP contribution < -0.4 is 4.74 Å². The summed E-state index contributed by atoms with van der Waals surface area (Å²) < 4.78 is 9.86. The minimum atomic E-state index is -0.342. The lowest BCUT2D eigenvalue weighted by molar-refractivity contribution is 0.0757. The van der Waals surface area contributed by atoms with Gasteiger partial charge in [-0.1, -0.05) is 6.07 Å². The smallest absolute Gasteiger partial charge is 0.409 e. The predicted molar refractivity (Wildman–Crippen MR) is 77.5 cm³/mol. The van der Waals surface area contributed by atoms with Gasteiger partial charge in [0.1, 0.15) is 5.75 Å². The molecular formula is C15H20N2O4. The van der Waals surface area contributed by atoms with Crippen molar-refractivity contribution in [3.8, 4) is 5.75 Å². The van der Waals surface area contributed by atoms with Gasteiger partial charge >= 0.3 is 6.09 Å². The Morgan fingerprint density at radius 2 is 1.76 bits per heavy atom. The molecule has 2 rings (SSSR count). The molecule has 1 fully saturated rings.